The van der Waals surface area contributed by atoms with Gasteiger partial charge in [0.25, 0.3) is 0 Å². The number of aryl methyl sites for hydroxylation is 2. The Hall–Kier alpha value is -1.28. The normalized spacial score (nSPS) is 11.1. The summed E-state index contributed by atoms with van der Waals surface area (Å²) in [5.41, 5.74) is 2.45. The van der Waals surface area contributed by atoms with Crippen molar-refractivity contribution in [3.8, 4) is 0 Å². The van der Waals surface area contributed by atoms with Gasteiger partial charge in [0.2, 0.25) is 0 Å². The summed E-state index contributed by atoms with van der Waals surface area (Å²) < 4.78 is 1.96. The van der Waals surface area contributed by atoms with Crippen molar-refractivity contribution in [2.45, 2.75) is 33.2 Å². The third-order valence-electron chi connectivity index (χ3n) is 3.54. The number of nitrogens with zero attached hydrogens (tertiary/aromatic N) is 3. The predicted octanol–water partition coefficient (Wildman–Crippen LogP) is 3.65. The number of guanidine groups is 1. The van der Waals surface area contributed by atoms with E-state index in [0.717, 1.165) is 50.0 Å². The second-order valence-electron chi connectivity index (χ2n) is 5.70. The minimum Gasteiger partial charge on any atom is -0.357 e. The smallest absolute Gasteiger partial charge is 0.191 e. The van der Waals surface area contributed by atoms with Crippen molar-refractivity contribution in [1.82, 2.24) is 20.4 Å². The van der Waals surface area contributed by atoms with Crippen molar-refractivity contribution in [2.75, 3.05) is 19.6 Å². The zero-order valence-corrected chi connectivity index (χ0v) is 17.9. The first-order valence-corrected chi connectivity index (χ1v) is 8.81. The molecule has 2 rings (SSSR count). The van der Waals surface area contributed by atoms with Gasteiger partial charge >= 0.3 is 0 Å². The van der Waals surface area contributed by atoms with Crippen LogP contribution in [0.15, 0.2) is 41.7 Å². The van der Waals surface area contributed by atoms with E-state index in [1.807, 2.05) is 23.0 Å². The largest absolute Gasteiger partial charge is 0.357 e. The predicted molar refractivity (Wildman–Crippen MR) is 116 cm³/mol. The fourth-order valence-electron chi connectivity index (χ4n) is 2.33. The number of rotatable bonds is 8. The molecule has 1 aromatic carbocycles. The van der Waals surface area contributed by atoms with Crippen LogP contribution in [0.1, 0.15) is 24.5 Å². The summed E-state index contributed by atoms with van der Waals surface area (Å²) >= 11 is 5.90. The second kappa shape index (κ2) is 12.1. The van der Waals surface area contributed by atoms with E-state index in [1.165, 1.54) is 11.1 Å². The zero-order valence-electron chi connectivity index (χ0n) is 14.8. The van der Waals surface area contributed by atoms with Gasteiger partial charge in [-0.05, 0) is 49.9 Å². The van der Waals surface area contributed by atoms with Gasteiger partial charge in [-0.1, -0.05) is 23.7 Å². The standard InChI is InChI=1S/C18H26ClN5.HI/c1-3-20-18(21-10-4-12-24-14-15(2)13-23-24)22-11-9-16-5-7-17(19)8-6-16;/h5-8,13-14H,3-4,9-12H2,1-2H3,(H2,20,21,22);1H. The van der Waals surface area contributed by atoms with Gasteiger partial charge in [-0.2, -0.15) is 5.10 Å². The molecule has 7 heteroatoms. The summed E-state index contributed by atoms with van der Waals surface area (Å²) in [6.45, 7) is 7.48. The first kappa shape index (κ1) is 21.8. The van der Waals surface area contributed by atoms with Crippen LogP contribution in [0.5, 0.6) is 0 Å². The van der Waals surface area contributed by atoms with Crippen LogP contribution in [0.2, 0.25) is 5.02 Å². The number of benzene rings is 1. The van der Waals surface area contributed by atoms with Crippen LogP contribution in [0.3, 0.4) is 0 Å². The van der Waals surface area contributed by atoms with Gasteiger partial charge in [-0.15, -0.1) is 24.0 Å². The molecule has 0 saturated heterocycles. The van der Waals surface area contributed by atoms with Crippen LogP contribution in [-0.2, 0) is 13.0 Å². The van der Waals surface area contributed by atoms with Gasteiger partial charge in [0.1, 0.15) is 0 Å². The molecule has 0 radical (unpaired) electrons. The molecule has 138 valence electrons. The topological polar surface area (TPSA) is 54.2 Å². The molecule has 0 bridgehead atoms. The molecule has 2 N–H and O–H groups in total. The van der Waals surface area contributed by atoms with E-state index < -0.39 is 0 Å². The quantitative estimate of drug-likeness (QED) is 0.265. The Bertz CT molecular complexity index is 639. The maximum absolute atomic E-state index is 5.90. The molecule has 0 atom stereocenters. The molecule has 0 aliphatic heterocycles. The average Bonchev–Trinajstić information content (AvgIpc) is 2.99. The minimum absolute atomic E-state index is 0. The molecular formula is C18H27ClIN5. The Morgan fingerprint density at radius 2 is 2.00 bits per heavy atom. The first-order chi connectivity index (χ1) is 11.7. The van der Waals surface area contributed by atoms with E-state index in [2.05, 4.69) is 52.9 Å². The van der Waals surface area contributed by atoms with E-state index in [-0.39, 0.29) is 24.0 Å². The van der Waals surface area contributed by atoms with E-state index in [9.17, 15) is 0 Å². The third-order valence-corrected chi connectivity index (χ3v) is 3.79. The summed E-state index contributed by atoms with van der Waals surface area (Å²) in [4.78, 5) is 4.61. The Kier molecular flexibility index (Phi) is 10.6. The van der Waals surface area contributed by atoms with E-state index in [0.29, 0.717) is 0 Å². The SMILES string of the molecule is CCNC(=NCCCn1cc(C)cn1)NCCc1ccc(Cl)cc1.I. The molecule has 2 aromatic rings. The summed E-state index contributed by atoms with van der Waals surface area (Å²) in [7, 11) is 0. The number of aliphatic imine (C=N–C) groups is 1. The molecule has 0 spiro atoms. The van der Waals surface area contributed by atoms with Crippen molar-refractivity contribution in [3.05, 3.63) is 52.8 Å². The lowest BCUT2D eigenvalue weighted by Crippen LogP contribution is -2.38. The van der Waals surface area contributed by atoms with Gasteiger partial charge in [0.05, 0.1) is 6.20 Å². The van der Waals surface area contributed by atoms with Crippen molar-refractivity contribution in [2.24, 2.45) is 4.99 Å². The molecule has 0 aliphatic rings. The van der Waals surface area contributed by atoms with Crippen molar-refractivity contribution in [3.63, 3.8) is 0 Å². The monoisotopic (exact) mass is 475 g/mol. The molecule has 1 aromatic heterocycles. The lowest BCUT2D eigenvalue weighted by atomic mass is 10.1. The maximum atomic E-state index is 5.90. The van der Waals surface area contributed by atoms with Crippen LogP contribution in [0.4, 0.5) is 0 Å². The van der Waals surface area contributed by atoms with Gasteiger partial charge in [0, 0.05) is 37.4 Å². The van der Waals surface area contributed by atoms with Crippen LogP contribution in [-0.4, -0.2) is 35.4 Å². The molecule has 5 nitrogen and oxygen atoms in total. The summed E-state index contributed by atoms with van der Waals surface area (Å²) in [6.07, 6.45) is 5.84. The highest BCUT2D eigenvalue weighted by Crippen LogP contribution is 2.09. The Labute approximate surface area is 172 Å². The van der Waals surface area contributed by atoms with Gasteiger partial charge in [-0.3, -0.25) is 9.67 Å². The lowest BCUT2D eigenvalue weighted by Gasteiger charge is -2.11. The molecule has 1 heterocycles. The number of halogens is 2. The van der Waals surface area contributed by atoms with E-state index in [1.54, 1.807) is 0 Å². The molecule has 25 heavy (non-hydrogen) atoms. The van der Waals surface area contributed by atoms with Crippen molar-refractivity contribution in [1.29, 1.82) is 0 Å². The lowest BCUT2D eigenvalue weighted by molar-refractivity contribution is 0.583. The minimum atomic E-state index is 0. The second-order valence-corrected chi connectivity index (χ2v) is 6.13. The Morgan fingerprint density at radius 3 is 2.64 bits per heavy atom. The van der Waals surface area contributed by atoms with Crippen molar-refractivity contribution < 1.29 is 0 Å². The molecule has 0 saturated carbocycles. The molecule has 0 fully saturated rings. The molecular weight excluding hydrogens is 449 g/mol. The Morgan fingerprint density at radius 1 is 1.24 bits per heavy atom. The van der Waals surface area contributed by atoms with Crippen LogP contribution in [0.25, 0.3) is 0 Å². The number of hydrogen-bond acceptors (Lipinski definition) is 2. The van der Waals surface area contributed by atoms with Crippen LogP contribution >= 0.6 is 35.6 Å². The van der Waals surface area contributed by atoms with Crippen molar-refractivity contribution >= 4 is 41.5 Å². The highest BCUT2D eigenvalue weighted by atomic mass is 127. The number of hydrogen-bond donors (Lipinski definition) is 2. The third kappa shape index (κ3) is 8.58. The highest BCUT2D eigenvalue weighted by Gasteiger charge is 1.99. The highest BCUT2D eigenvalue weighted by molar-refractivity contribution is 14.0. The van der Waals surface area contributed by atoms with E-state index in [4.69, 9.17) is 11.6 Å². The number of nitrogens with one attached hydrogen (secondary N) is 2. The Balaban J connectivity index is 0.00000312. The fraction of sp³-hybridized carbons (Fsp3) is 0.444. The average molecular weight is 476 g/mol. The molecule has 0 unspecified atom stereocenters. The zero-order chi connectivity index (χ0) is 17.2. The number of aromatic nitrogens is 2. The van der Waals surface area contributed by atoms with Gasteiger partial charge in [0.15, 0.2) is 5.96 Å². The van der Waals surface area contributed by atoms with Crippen LogP contribution in [0, 0.1) is 6.92 Å². The van der Waals surface area contributed by atoms with Gasteiger partial charge < -0.3 is 10.6 Å². The fourth-order valence-corrected chi connectivity index (χ4v) is 2.46. The molecule has 0 amide bonds. The van der Waals surface area contributed by atoms with Gasteiger partial charge in [-0.25, -0.2) is 0 Å². The molecule has 0 aliphatic carbocycles. The summed E-state index contributed by atoms with van der Waals surface area (Å²) in [6, 6.07) is 7.96. The maximum Gasteiger partial charge on any atom is 0.191 e. The first-order valence-electron chi connectivity index (χ1n) is 8.43. The van der Waals surface area contributed by atoms with E-state index >= 15 is 0 Å². The van der Waals surface area contributed by atoms with Crippen LogP contribution < -0.4 is 10.6 Å². The summed E-state index contributed by atoms with van der Waals surface area (Å²) in [5.74, 6) is 0.864. The summed E-state index contributed by atoms with van der Waals surface area (Å²) in [5, 5.41) is 11.7.